The summed E-state index contributed by atoms with van der Waals surface area (Å²) in [6.07, 6.45) is 0. The summed E-state index contributed by atoms with van der Waals surface area (Å²) in [5.41, 5.74) is 3.61. The van der Waals surface area contributed by atoms with Crippen molar-refractivity contribution in [3.8, 4) is 0 Å². The second-order valence-corrected chi connectivity index (χ2v) is 9.13. The Bertz CT molecular complexity index is 752. The summed E-state index contributed by atoms with van der Waals surface area (Å²) >= 11 is 7.51. The fraction of sp³-hybridized carbons (Fsp3) is 0.476. The van der Waals surface area contributed by atoms with Gasteiger partial charge in [0.05, 0.1) is 18.0 Å². The van der Waals surface area contributed by atoms with Gasteiger partial charge >= 0.3 is 0 Å². The number of hydrogen-bond acceptors (Lipinski definition) is 2. The van der Waals surface area contributed by atoms with Crippen molar-refractivity contribution >= 4 is 34.4 Å². The van der Waals surface area contributed by atoms with Crippen LogP contribution >= 0.6 is 23.6 Å². The lowest BCUT2D eigenvalue weighted by Gasteiger charge is -2.36. The van der Waals surface area contributed by atoms with Crippen LogP contribution in [0.2, 0.25) is 0 Å². The fourth-order valence-corrected chi connectivity index (χ4v) is 5.20. The number of piperazine rings is 1. The molecule has 1 fully saturated rings. The third kappa shape index (κ3) is 5.08. The first kappa shape index (κ1) is 20.3. The van der Waals surface area contributed by atoms with E-state index in [2.05, 4.69) is 74.2 Å². The molecule has 1 aromatic carbocycles. The molecule has 0 spiro atoms. The molecule has 1 aliphatic heterocycles. The van der Waals surface area contributed by atoms with Crippen molar-refractivity contribution in [1.29, 1.82) is 0 Å². The van der Waals surface area contributed by atoms with Crippen LogP contribution in [0.25, 0.3) is 0 Å². The molecule has 3 rings (SSSR count). The Hall–Kier alpha value is -1.47. The summed E-state index contributed by atoms with van der Waals surface area (Å²) < 4.78 is 0. The molecule has 2 aromatic rings. The summed E-state index contributed by atoms with van der Waals surface area (Å²) in [4.78, 5) is 4.74. The van der Waals surface area contributed by atoms with Crippen molar-refractivity contribution in [2.75, 3.05) is 38.5 Å². The molecule has 0 radical (unpaired) electrons. The molecule has 1 saturated heterocycles. The Morgan fingerprint density at radius 1 is 1.11 bits per heavy atom. The van der Waals surface area contributed by atoms with Crippen molar-refractivity contribution in [3.63, 3.8) is 0 Å². The number of thiocarbonyl (C=S) groups is 1. The summed E-state index contributed by atoms with van der Waals surface area (Å²) in [6.45, 7) is 11.4. The Balaban J connectivity index is 1.69. The Morgan fingerprint density at radius 3 is 2.52 bits per heavy atom. The topological polar surface area (TPSA) is 32.9 Å². The molecule has 0 amide bonds. The highest BCUT2D eigenvalue weighted by Gasteiger charge is 2.34. The lowest BCUT2D eigenvalue weighted by atomic mass is 10.1. The van der Waals surface area contributed by atoms with Crippen LogP contribution in [-0.4, -0.2) is 44.4 Å². The second kappa shape index (κ2) is 9.15. The third-order valence-electron chi connectivity index (χ3n) is 5.75. The van der Waals surface area contributed by atoms with Crippen LogP contribution in [-0.2, 0) is 0 Å². The predicted molar refractivity (Wildman–Crippen MR) is 119 cm³/mol. The Kier molecular flexibility index (Phi) is 6.87. The van der Waals surface area contributed by atoms with E-state index >= 15 is 0 Å². The Morgan fingerprint density at radius 2 is 1.85 bits per heavy atom. The van der Waals surface area contributed by atoms with Gasteiger partial charge in [0.25, 0.3) is 0 Å². The lowest BCUT2D eigenvalue weighted by molar-refractivity contribution is -1.02. The monoisotopic (exact) mass is 404 g/mol. The minimum absolute atomic E-state index is 0.266. The maximum absolute atomic E-state index is 5.65. The standard InChI is InChI=1S/C21H30N4S2/c1-15-7-5-8-18(16(15)2)23-21(26)22-17(3)20(19-9-6-14-27-19)25-12-10-24(4)11-13-25/h5-9,14,17,20H,10-13H2,1-4H3,(H2,22,23,26)/p+2/t17-,20+/m1/s1. The minimum Gasteiger partial charge on any atom is -0.354 e. The van der Waals surface area contributed by atoms with Gasteiger partial charge in [-0.2, -0.15) is 0 Å². The average Bonchev–Trinajstić information content (AvgIpc) is 3.15. The number of likely N-dealkylation sites (N-methyl/N-ethyl adjacent to an activating group) is 1. The van der Waals surface area contributed by atoms with Crippen molar-refractivity contribution in [2.45, 2.75) is 32.9 Å². The van der Waals surface area contributed by atoms with Crippen molar-refractivity contribution in [3.05, 3.63) is 51.7 Å². The van der Waals surface area contributed by atoms with Gasteiger partial charge < -0.3 is 20.4 Å². The molecule has 0 saturated carbocycles. The molecule has 27 heavy (non-hydrogen) atoms. The minimum atomic E-state index is 0.266. The first-order valence-corrected chi connectivity index (χ1v) is 11.1. The molecule has 4 N–H and O–H groups in total. The maximum atomic E-state index is 5.65. The van der Waals surface area contributed by atoms with Crippen LogP contribution < -0.4 is 20.4 Å². The van der Waals surface area contributed by atoms with E-state index in [1.807, 2.05) is 11.3 Å². The van der Waals surface area contributed by atoms with E-state index in [4.69, 9.17) is 12.2 Å². The molecule has 6 heteroatoms. The van der Waals surface area contributed by atoms with Crippen LogP contribution in [0.3, 0.4) is 0 Å². The van der Waals surface area contributed by atoms with Gasteiger partial charge in [-0.05, 0) is 61.6 Å². The number of nitrogens with one attached hydrogen (secondary N) is 4. The number of aryl methyl sites for hydroxylation is 1. The molecule has 0 aliphatic carbocycles. The van der Waals surface area contributed by atoms with E-state index in [1.54, 1.807) is 9.80 Å². The molecule has 1 aliphatic rings. The van der Waals surface area contributed by atoms with Gasteiger partial charge in [-0.15, -0.1) is 11.3 Å². The molecule has 146 valence electrons. The highest BCUT2D eigenvalue weighted by molar-refractivity contribution is 7.80. The number of hydrogen-bond donors (Lipinski definition) is 4. The molecule has 4 nitrogen and oxygen atoms in total. The smallest absolute Gasteiger partial charge is 0.171 e. The van der Waals surface area contributed by atoms with Crippen molar-refractivity contribution in [2.24, 2.45) is 0 Å². The zero-order valence-electron chi connectivity index (χ0n) is 16.8. The molecular formula is C21H32N4S2+2. The van der Waals surface area contributed by atoms with E-state index < -0.39 is 0 Å². The predicted octanol–water partition coefficient (Wildman–Crippen LogP) is 1.19. The number of rotatable bonds is 5. The van der Waals surface area contributed by atoms with Gasteiger partial charge in [-0.3, -0.25) is 0 Å². The van der Waals surface area contributed by atoms with Crippen molar-refractivity contribution < 1.29 is 9.80 Å². The van der Waals surface area contributed by atoms with E-state index in [0.29, 0.717) is 11.2 Å². The van der Waals surface area contributed by atoms with Gasteiger partial charge in [0.2, 0.25) is 0 Å². The quantitative estimate of drug-likeness (QED) is 0.565. The number of thiophene rings is 1. The zero-order valence-corrected chi connectivity index (χ0v) is 18.4. The van der Waals surface area contributed by atoms with Crippen LogP contribution in [0.1, 0.15) is 29.0 Å². The molecular weight excluding hydrogens is 372 g/mol. The zero-order chi connectivity index (χ0) is 19.4. The molecule has 2 atom stereocenters. The Labute approximate surface area is 172 Å². The second-order valence-electron chi connectivity index (χ2n) is 7.74. The van der Waals surface area contributed by atoms with E-state index in [9.17, 15) is 0 Å². The van der Waals surface area contributed by atoms with E-state index in [1.165, 1.54) is 42.2 Å². The first-order chi connectivity index (χ1) is 13.0. The number of quaternary nitrogens is 2. The highest BCUT2D eigenvalue weighted by Crippen LogP contribution is 2.21. The highest BCUT2D eigenvalue weighted by atomic mass is 32.1. The van der Waals surface area contributed by atoms with Crippen LogP contribution in [0.5, 0.6) is 0 Å². The van der Waals surface area contributed by atoms with Gasteiger partial charge in [0.15, 0.2) is 5.11 Å². The van der Waals surface area contributed by atoms with Gasteiger partial charge in [0, 0.05) is 5.69 Å². The van der Waals surface area contributed by atoms with Crippen LogP contribution in [0, 0.1) is 13.8 Å². The van der Waals surface area contributed by atoms with Gasteiger partial charge in [-0.25, -0.2) is 0 Å². The third-order valence-corrected chi connectivity index (χ3v) is 6.92. The molecule has 0 bridgehead atoms. The number of anilines is 1. The lowest BCUT2D eigenvalue weighted by Crippen LogP contribution is -3.27. The summed E-state index contributed by atoms with van der Waals surface area (Å²) in [6, 6.07) is 11.4. The molecule has 1 aromatic heterocycles. The summed E-state index contributed by atoms with van der Waals surface area (Å²) in [5, 5.41) is 9.86. The van der Waals surface area contributed by atoms with Crippen molar-refractivity contribution in [1.82, 2.24) is 5.32 Å². The van der Waals surface area contributed by atoms with Crippen LogP contribution in [0.15, 0.2) is 35.7 Å². The summed E-state index contributed by atoms with van der Waals surface area (Å²) in [7, 11) is 2.29. The normalized spacial score (nSPS) is 22.1. The molecule has 2 heterocycles. The number of benzene rings is 1. The van der Waals surface area contributed by atoms with E-state index in [-0.39, 0.29) is 6.04 Å². The maximum Gasteiger partial charge on any atom is 0.171 e. The molecule has 0 unspecified atom stereocenters. The van der Waals surface area contributed by atoms with Gasteiger partial charge in [-0.1, -0.05) is 18.2 Å². The average molecular weight is 405 g/mol. The van der Waals surface area contributed by atoms with Crippen LogP contribution in [0.4, 0.5) is 5.69 Å². The fourth-order valence-electron chi connectivity index (χ4n) is 3.91. The summed E-state index contributed by atoms with van der Waals surface area (Å²) in [5.74, 6) is 0. The van der Waals surface area contributed by atoms with Gasteiger partial charge in [0.1, 0.15) is 32.2 Å². The first-order valence-electron chi connectivity index (χ1n) is 9.78. The SMILES string of the molecule is Cc1cccc(NC(=S)N[C@H](C)[C@@H](c2cccs2)[NH+]2CC[NH+](C)CC2)c1C. The largest absolute Gasteiger partial charge is 0.354 e. The van der Waals surface area contributed by atoms with E-state index in [0.717, 1.165) is 5.69 Å².